The van der Waals surface area contributed by atoms with Crippen molar-refractivity contribution in [2.75, 3.05) is 7.11 Å². The molecule has 3 saturated carbocycles. The Morgan fingerprint density at radius 3 is 2.64 bits per heavy atom. The third-order valence-corrected chi connectivity index (χ3v) is 7.28. The van der Waals surface area contributed by atoms with Crippen LogP contribution in [0.15, 0.2) is 0 Å². The van der Waals surface area contributed by atoms with Crippen molar-refractivity contribution in [1.29, 1.82) is 0 Å². The van der Waals surface area contributed by atoms with Crippen molar-refractivity contribution >= 4 is 17.7 Å². The van der Waals surface area contributed by atoms with E-state index in [-0.39, 0.29) is 41.6 Å². The number of esters is 2. The molecule has 0 radical (unpaired) electrons. The molecule has 6 unspecified atom stereocenters. The first-order valence-corrected chi connectivity index (χ1v) is 9.62. The van der Waals surface area contributed by atoms with E-state index in [0.29, 0.717) is 24.2 Å². The highest BCUT2D eigenvalue weighted by molar-refractivity contribution is 5.86. The van der Waals surface area contributed by atoms with Gasteiger partial charge in [-0.25, -0.2) is 0 Å². The summed E-state index contributed by atoms with van der Waals surface area (Å²) in [6.45, 7) is 3.85. The Bertz CT molecular complexity index is 556. The van der Waals surface area contributed by atoms with E-state index in [9.17, 15) is 14.4 Å². The molecule has 0 aromatic carbocycles. The zero-order chi connectivity index (χ0) is 18.2. The number of carbonyl (C=O) groups excluding carboxylic acids is 3. The Hall–Kier alpha value is -1.39. The van der Waals surface area contributed by atoms with Gasteiger partial charge in [0.1, 0.15) is 11.9 Å². The number of Topliss-reactive ketones (excluding diaryl/α,β-unsaturated/α-hetero) is 1. The quantitative estimate of drug-likeness (QED) is 0.731. The van der Waals surface area contributed by atoms with Crippen LogP contribution in [-0.2, 0) is 23.9 Å². The fourth-order valence-electron chi connectivity index (χ4n) is 6.02. The van der Waals surface area contributed by atoms with Gasteiger partial charge < -0.3 is 9.47 Å². The summed E-state index contributed by atoms with van der Waals surface area (Å²) >= 11 is 0. The minimum absolute atomic E-state index is 0.0446. The maximum Gasteiger partial charge on any atom is 0.306 e. The van der Waals surface area contributed by atoms with E-state index >= 15 is 0 Å². The molecule has 3 aliphatic rings. The van der Waals surface area contributed by atoms with Gasteiger partial charge in [-0.2, -0.15) is 0 Å². The van der Waals surface area contributed by atoms with E-state index < -0.39 is 0 Å². The molecule has 0 aromatic heterocycles. The van der Waals surface area contributed by atoms with Gasteiger partial charge >= 0.3 is 11.9 Å². The second kappa shape index (κ2) is 7.08. The van der Waals surface area contributed by atoms with Crippen LogP contribution in [0.25, 0.3) is 0 Å². The van der Waals surface area contributed by atoms with Crippen molar-refractivity contribution in [3.05, 3.63) is 0 Å². The van der Waals surface area contributed by atoms with E-state index in [0.717, 1.165) is 38.5 Å². The molecule has 0 aliphatic heterocycles. The van der Waals surface area contributed by atoms with Gasteiger partial charge in [0.05, 0.1) is 13.5 Å². The molecule has 25 heavy (non-hydrogen) atoms. The lowest BCUT2D eigenvalue weighted by atomic mass is 9.47. The Kier molecular flexibility index (Phi) is 5.21. The van der Waals surface area contributed by atoms with Crippen molar-refractivity contribution in [3.8, 4) is 0 Å². The van der Waals surface area contributed by atoms with Crippen LogP contribution in [0.3, 0.4) is 0 Å². The highest BCUT2D eigenvalue weighted by atomic mass is 16.5. The lowest BCUT2D eigenvalue weighted by Gasteiger charge is -2.57. The third-order valence-electron chi connectivity index (χ3n) is 7.28. The fourth-order valence-corrected chi connectivity index (χ4v) is 6.02. The standard InChI is InChI=1S/C20H30O5/c1-12(21)25-14-8-9-20(2)13(10-14)4-5-15-16(11-19(23)24-3)18(22)7-6-17(15)20/h13-17H,4-11H2,1-3H3. The molecule has 3 fully saturated rings. The van der Waals surface area contributed by atoms with Gasteiger partial charge in [-0.15, -0.1) is 0 Å². The summed E-state index contributed by atoms with van der Waals surface area (Å²) in [6, 6.07) is 0. The maximum atomic E-state index is 12.5. The molecule has 0 bridgehead atoms. The Labute approximate surface area is 149 Å². The minimum atomic E-state index is -0.273. The van der Waals surface area contributed by atoms with Crippen molar-refractivity contribution in [2.24, 2.45) is 29.1 Å². The highest BCUT2D eigenvalue weighted by Gasteiger charge is 2.55. The van der Waals surface area contributed by atoms with Crippen LogP contribution in [0.5, 0.6) is 0 Å². The first-order chi connectivity index (χ1) is 11.8. The molecule has 3 aliphatic carbocycles. The molecule has 3 rings (SSSR count). The normalized spacial score (nSPS) is 40.6. The number of rotatable bonds is 3. The van der Waals surface area contributed by atoms with Crippen LogP contribution in [0, 0.1) is 29.1 Å². The van der Waals surface area contributed by atoms with Crippen LogP contribution >= 0.6 is 0 Å². The maximum absolute atomic E-state index is 12.5. The van der Waals surface area contributed by atoms with Crippen LogP contribution in [-0.4, -0.2) is 30.9 Å². The number of hydrogen-bond donors (Lipinski definition) is 0. The smallest absolute Gasteiger partial charge is 0.306 e. The molecule has 0 spiro atoms. The molecular weight excluding hydrogens is 320 g/mol. The first-order valence-electron chi connectivity index (χ1n) is 9.62. The number of carbonyl (C=O) groups is 3. The molecular formula is C20H30O5. The number of ketones is 1. The highest BCUT2D eigenvalue weighted by Crippen LogP contribution is 2.60. The molecule has 6 atom stereocenters. The summed E-state index contributed by atoms with van der Waals surface area (Å²) < 4.78 is 10.3. The Morgan fingerprint density at radius 2 is 1.96 bits per heavy atom. The van der Waals surface area contributed by atoms with Crippen LogP contribution < -0.4 is 0 Å². The molecule has 0 N–H and O–H groups in total. The van der Waals surface area contributed by atoms with Crippen LogP contribution in [0.4, 0.5) is 0 Å². The summed E-state index contributed by atoms with van der Waals surface area (Å²) in [5.41, 5.74) is 0.189. The molecule has 5 nitrogen and oxygen atoms in total. The zero-order valence-corrected chi connectivity index (χ0v) is 15.6. The van der Waals surface area contributed by atoms with Gasteiger partial charge in [-0.3, -0.25) is 14.4 Å². The number of methoxy groups -OCH3 is 1. The molecule has 0 aromatic rings. The molecule has 140 valence electrons. The van der Waals surface area contributed by atoms with Gasteiger partial charge in [0.15, 0.2) is 0 Å². The SMILES string of the molecule is COC(=O)CC1C(=O)CCC2C1CCC1CC(OC(C)=O)CCC12C. The van der Waals surface area contributed by atoms with Gasteiger partial charge in [-0.05, 0) is 61.7 Å². The summed E-state index contributed by atoms with van der Waals surface area (Å²) in [7, 11) is 1.39. The van der Waals surface area contributed by atoms with E-state index in [1.165, 1.54) is 14.0 Å². The zero-order valence-electron chi connectivity index (χ0n) is 15.6. The summed E-state index contributed by atoms with van der Waals surface area (Å²) in [4.78, 5) is 35.5. The molecule has 0 saturated heterocycles. The van der Waals surface area contributed by atoms with Crippen LogP contribution in [0.1, 0.15) is 65.2 Å². The average Bonchev–Trinajstić information content (AvgIpc) is 2.56. The fraction of sp³-hybridized carbons (Fsp3) is 0.850. The van der Waals surface area contributed by atoms with Gasteiger partial charge in [-0.1, -0.05) is 6.92 Å². The van der Waals surface area contributed by atoms with Crippen molar-refractivity contribution < 1.29 is 23.9 Å². The predicted molar refractivity (Wildman–Crippen MR) is 91.6 cm³/mol. The van der Waals surface area contributed by atoms with Crippen molar-refractivity contribution in [3.63, 3.8) is 0 Å². The molecule has 0 heterocycles. The Morgan fingerprint density at radius 1 is 1.20 bits per heavy atom. The van der Waals surface area contributed by atoms with Gasteiger partial charge in [0, 0.05) is 19.3 Å². The van der Waals surface area contributed by atoms with Crippen LogP contribution in [0.2, 0.25) is 0 Å². The van der Waals surface area contributed by atoms with Gasteiger partial charge in [0.25, 0.3) is 0 Å². The number of hydrogen-bond acceptors (Lipinski definition) is 5. The lowest BCUT2D eigenvalue weighted by molar-refractivity contribution is -0.160. The second-order valence-corrected chi connectivity index (χ2v) is 8.45. The molecule has 5 heteroatoms. The van der Waals surface area contributed by atoms with E-state index in [4.69, 9.17) is 9.47 Å². The number of fused-ring (bicyclic) bond motifs is 3. The lowest BCUT2D eigenvalue weighted by Crippen LogP contribution is -2.53. The van der Waals surface area contributed by atoms with Crippen molar-refractivity contribution in [2.45, 2.75) is 71.3 Å². The molecule has 0 amide bonds. The predicted octanol–water partition coefficient (Wildman–Crippen LogP) is 3.29. The first kappa shape index (κ1) is 18.4. The summed E-state index contributed by atoms with van der Waals surface area (Å²) in [5.74, 6) is 0.925. The average molecular weight is 350 g/mol. The summed E-state index contributed by atoms with van der Waals surface area (Å²) in [6.07, 6.45) is 6.73. The van der Waals surface area contributed by atoms with Crippen molar-refractivity contribution in [1.82, 2.24) is 0 Å². The monoisotopic (exact) mass is 350 g/mol. The Balaban J connectivity index is 1.76. The third kappa shape index (κ3) is 3.47. The largest absolute Gasteiger partial charge is 0.469 e. The topological polar surface area (TPSA) is 69.7 Å². The van der Waals surface area contributed by atoms with E-state index in [2.05, 4.69) is 6.92 Å². The van der Waals surface area contributed by atoms with E-state index in [1.54, 1.807) is 0 Å². The number of ether oxygens (including phenoxy) is 2. The summed E-state index contributed by atoms with van der Waals surface area (Å²) in [5, 5.41) is 0. The second-order valence-electron chi connectivity index (χ2n) is 8.45. The van der Waals surface area contributed by atoms with E-state index in [1.807, 2.05) is 0 Å². The van der Waals surface area contributed by atoms with Gasteiger partial charge in [0.2, 0.25) is 0 Å². The minimum Gasteiger partial charge on any atom is -0.469 e.